The first-order valence-electron chi connectivity index (χ1n) is 6.98. The molecule has 2 aromatic rings. The Morgan fingerprint density at radius 2 is 2.09 bits per heavy atom. The lowest BCUT2D eigenvalue weighted by atomic mass is 10.0. The molecule has 1 aliphatic rings. The van der Waals surface area contributed by atoms with Crippen molar-refractivity contribution in [2.75, 3.05) is 5.32 Å². The van der Waals surface area contributed by atoms with Crippen molar-refractivity contribution in [3.05, 3.63) is 64.1 Å². The van der Waals surface area contributed by atoms with Crippen LogP contribution in [0.25, 0.3) is 0 Å². The van der Waals surface area contributed by atoms with Crippen LogP contribution in [0.1, 0.15) is 17.5 Å². The Labute approximate surface area is 137 Å². The van der Waals surface area contributed by atoms with Gasteiger partial charge in [-0.05, 0) is 36.8 Å². The summed E-state index contributed by atoms with van der Waals surface area (Å²) in [5, 5.41) is 6.91. The highest BCUT2D eigenvalue weighted by Gasteiger charge is 2.29. The van der Waals surface area contributed by atoms with Crippen LogP contribution in [0.3, 0.4) is 0 Å². The van der Waals surface area contributed by atoms with Gasteiger partial charge in [0.25, 0.3) is 5.91 Å². The van der Waals surface area contributed by atoms with E-state index in [-0.39, 0.29) is 5.91 Å². The lowest BCUT2D eigenvalue weighted by molar-refractivity contribution is -0.125. The van der Waals surface area contributed by atoms with Crippen molar-refractivity contribution in [2.24, 2.45) is 5.16 Å². The molecule has 1 aliphatic heterocycles. The smallest absolute Gasteiger partial charge is 0.268 e. The third kappa shape index (κ3) is 3.36. The molecule has 0 aromatic heterocycles. The van der Waals surface area contributed by atoms with Crippen LogP contribution in [0.2, 0.25) is 0 Å². The largest absolute Gasteiger partial charge is 0.382 e. The second kappa shape index (κ2) is 6.32. The number of rotatable bonds is 3. The number of nitrogens with one attached hydrogen (secondary N) is 1. The molecule has 5 heteroatoms. The first-order valence-corrected chi connectivity index (χ1v) is 7.77. The molecule has 0 spiro atoms. The highest BCUT2D eigenvalue weighted by molar-refractivity contribution is 9.10. The minimum Gasteiger partial charge on any atom is -0.382 e. The minimum atomic E-state index is -0.588. The average molecular weight is 359 g/mol. The molecule has 1 unspecified atom stereocenters. The van der Waals surface area contributed by atoms with Crippen LogP contribution in [-0.4, -0.2) is 17.7 Å². The van der Waals surface area contributed by atoms with Gasteiger partial charge >= 0.3 is 0 Å². The summed E-state index contributed by atoms with van der Waals surface area (Å²) in [6.45, 7) is 1.98. The third-order valence-electron chi connectivity index (χ3n) is 3.40. The lowest BCUT2D eigenvalue weighted by Crippen LogP contribution is -2.28. The zero-order valence-corrected chi connectivity index (χ0v) is 13.6. The molecule has 1 heterocycles. The molecule has 1 atom stereocenters. The zero-order chi connectivity index (χ0) is 15.5. The standard InChI is InChI=1S/C17H15BrN2O2/c1-11-4-2-7-14(8-11)19-17(21)16-10-15(20-22-16)12-5-3-6-13(18)9-12/h2-9,16H,10H2,1H3,(H,19,21). The van der Waals surface area contributed by atoms with E-state index in [1.807, 2.05) is 55.5 Å². The first kappa shape index (κ1) is 14.8. The Balaban J connectivity index is 1.65. The fourth-order valence-electron chi connectivity index (χ4n) is 2.30. The summed E-state index contributed by atoms with van der Waals surface area (Å²) in [7, 11) is 0. The second-order valence-corrected chi connectivity index (χ2v) is 6.12. The molecule has 3 rings (SSSR count). The van der Waals surface area contributed by atoms with E-state index < -0.39 is 6.10 Å². The molecule has 1 amide bonds. The van der Waals surface area contributed by atoms with E-state index in [9.17, 15) is 4.79 Å². The maximum absolute atomic E-state index is 12.3. The molecular formula is C17H15BrN2O2. The van der Waals surface area contributed by atoms with Crippen molar-refractivity contribution in [1.29, 1.82) is 0 Å². The van der Waals surface area contributed by atoms with Gasteiger partial charge in [0.05, 0.1) is 5.71 Å². The maximum atomic E-state index is 12.3. The highest BCUT2D eigenvalue weighted by atomic mass is 79.9. The van der Waals surface area contributed by atoms with Crippen molar-refractivity contribution in [3.8, 4) is 0 Å². The molecule has 0 radical (unpaired) electrons. The summed E-state index contributed by atoms with van der Waals surface area (Å²) < 4.78 is 0.973. The topological polar surface area (TPSA) is 50.7 Å². The summed E-state index contributed by atoms with van der Waals surface area (Å²) in [5.41, 5.74) is 3.60. The molecule has 0 bridgehead atoms. The molecule has 112 valence electrons. The highest BCUT2D eigenvalue weighted by Crippen LogP contribution is 2.21. The van der Waals surface area contributed by atoms with E-state index in [1.165, 1.54) is 0 Å². The number of halogens is 1. The van der Waals surface area contributed by atoms with Crippen molar-refractivity contribution in [3.63, 3.8) is 0 Å². The van der Waals surface area contributed by atoms with Crippen LogP contribution in [0.15, 0.2) is 58.2 Å². The van der Waals surface area contributed by atoms with Crippen molar-refractivity contribution < 1.29 is 9.63 Å². The van der Waals surface area contributed by atoms with Gasteiger partial charge in [-0.15, -0.1) is 0 Å². The summed E-state index contributed by atoms with van der Waals surface area (Å²) in [6, 6.07) is 15.5. The van der Waals surface area contributed by atoms with Crippen molar-refractivity contribution in [1.82, 2.24) is 0 Å². The Morgan fingerprint density at radius 3 is 2.86 bits per heavy atom. The Bertz CT molecular complexity index is 743. The van der Waals surface area contributed by atoms with Gasteiger partial charge in [-0.2, -0.15) is 0 Å². The van der Waals surface area contributed by atoms with Gasteiger partial charge in [0.2, 0.25) is 6.10 Å². The van der Waals surface area contributed by atoms with E-state index in [0.29, 0.717) is 6.42 Å². The number of benzene rings is 2. The van der Waals surface area contributed by atoms with E-state index in [1.54, 1.807) is 0 Å². The number of oxime groups is 1. The number of hydrogen-bond donors (Lipinski definition) is 1. The minimum absolute atomic E-state index is 0.181. The van der Waals surface area contributed by atoms with Gasteiger partial charge in [-0.1, -0.05) is 45.4 Å². The van der Waals surface area contributed by atoms with Gasteiger partial charge in [0.15, 0.2) is 0 Å². The fraction of sp³-hybridized carbons (Fsp3) is 0.176. The van der Waals surface area contributed by atoms with Crippen molar-refractivity contribution in [2.45, 2.75) is 19.4 Å². The van der Waals surface area contributed by atoms with E-state index in [0.717, 1.165) is 27.0 Å². The SMILES string of the molecule is Cc1cccc(NC(=O)C2CC(c3cccc(Br)c3)=NO2)c1. The van der Waals surface area contributed by atoms with Crippen LogP contribution < -0.4 is 5.32 Å². The predicted molar refractivity (Wildman–Crippen MR) is 90.0 cm³/mol. The van der Waals surface area contributed by atoms with Gasteiger partial charge < -0.3 is 10.2 Å². The summed E-state index contributed by atoms with van der Waals surface area (Å²) in [6.07, 6.45) is -0.122. The number of amides is 1. The maximum Gasteiger partial charge on any atom is 0.268 e. The molecule has 4 nitrogen and oxygen atoms in total. The number of nitrogens with zero attached hydrogens (tertiary/aromatic N) is 1. The second-order valence-electron chi connectivity index (χ2n) is 5.21. The van der Waals surface area contributed by atoms with Crippen LogP contribution in [0, 0.1) is 6.92 Å². The number of carbonyl (C=O) groups is 1. The Morgan fingerprint density at radius 1 is 1.27 bits per heavy atom. The first-order chi connectivity index (χ1) is 10.6. The van der Waals surface area contributed by atoms with Crippen LogP contribution in [0.4, 0.5) is 5.69 Å². The lowest BCUT2D eigenvalue weighted by Gasteiger charge is -2.10. The zero-order valence-electron chi connectivity index (χ0n) is 12.0. The van der Waals surface area contributed by atoms with Gasteiger partial charge in [-0.3, -0.25) is 4.79 Å². The molecule has 22 heavy (non-hydrogen) atoms. The van der Waals surface area contributed by atoms with E-state index in [2.05, 4.69) is 26.4 Å². The third-order valence-corrected chi connectivity index (χ3v) is 3.90. The predicted octanol–water partition coefficient (Wildman–Crippen LogP) is 3.89. The molecule has 2 aromatic carbocycles. The summed E-state index contributed by atoms with van der Waals surface area (Å²) in [4.78, 5) is 17.5. The van der Waals surface area contributed by atoms with Crippen molar-refractivity contribution >= 4 is 33.2 Å². The number of aryl methyl sites for hydroxylation is 1. The van der Waals surface area contributed by atoms with Gasteiger partial charge in [0.1, 0.15) is 0 Å². The molecule has 0 saturated carbocycles. The van der Waals surface area contributed by atoms with Crippen LogP contribution >= 0.6 is 15.9 Å². The van der Waals surface area contributed by atoms with E-state index >= 15 is 0 Å². The van der Waals surface area contributed by atoms with Gasteiger partial charge in [-0.25, -0.2) is 0 Å². The Kier molecular flexibility index (Phi) is 4.24. The molecule has 0 aliphatic carbocycles. The van der Waals surface area contributed by atoms with Crippen LogP contribution in [0.5, 0.6) is 0 Å². The monoisotopic (exact) mass is 358 g/mol. The Hall–Kier alpha value is -2.14. The van der Waals surface area contributed by atoms with E-state index in [4.69, 9.17) is 4.84 Å². The number of carbonyl (C=O) groups excluding carboxylic acids is 1. The number of hydrogen-bond acceptors (Lipinski definition) is 3. The van der Waals surface area contributed by atoms with Crippen LogP contribution in [-0.2, 0) is 9.63 Å². The summed E-state index contributed by atoms with van der Waals surface area (Å²) in [5.74, 6) is -0.181. The molecular weight excluding hydrogens is 344 g/mol. The normalized spacial score (nSPS) is 16.8. The number of anilines is 1. The quantitative estimate of drug-likeness (QED) is 0.904. The molecule has 0 fully saturated rings. The molecule has 0 saturated heterocycles. The fourth-order valence-corrected chi connectivity index (χ4v) is 2.70. The average Bonchev–Trinajstić information content (AvgIpc) is 2.97. The summed E-state index contributed by atoms with van der Waals surface area (Å²) >= 11 is 3.43. The molecule has 1 N–H and O–H groups in total. The van der Waals surface area contributed by atoms with Gasteiger partial charge in [0, 0.05) is 22.1 Å².